The minimum Gasteiger partial charge on any atom is -0.355 e. The molecule has 3 heterocycles. The SMILES string of the molecule is Cc1cc(C)cc(NC(=O)C2CCCN(S(=O)(=O)c3c(C)noc3C=Cc3cccs3)C2)c1. The van der Waals surface area contributed by atoms with E-state index in [0.29, 0.717) is 25.1 Å². The van der Waals surface area contributed by atoms with Crippen molar-refractivity contribution in [3.8, 4) is 0 Å². The topological polar surface area (TPSA) is 92.5 Å². The number of carbonyl (C=O) groups excluding carboxylic acids is 1. The van der Waals surface area contributed by atoms with E-state index in [0.717, 1.165) is 21.7 Å². The van der Waals surface area contributed by atoms with E-state index in [9.17, 15) is 13.2 Å². The van der Waals surface area contributed by atoms with E-state index < -0.39 is 15.9 Å². The minimum absolute atomic E-state index is 0.0608. The Labute approximate surface area is 198 Å². The third kappa shape index (κ3) is 5.26. The maximum Gasteiger partial charge on any atom is 0.248 e. The zero-order valence-corrected chi connectivity index (χ0v) is 20.5. The lowest BCUT2D eigenvalue weighted by atomic mass is 9.98. The molecule has 4 rings (SSSR count). The summed E-state index contributed by atoms with van der Waals surface area (Å²) >= 11 is 1.54. The molecule has 1 aromatic carbocycles. The van der Waals surface area contributed by atoms with E-state index in [4.69, 9.17) is 4.52 Å². The molecule has 33 heavy (non-hydrogen) atoms. The van der Waals surface area contributed by atoms with Crippen LogP contribution in [0.2, 0.25) is 0 Å². The molecule has 3 aromatic rings. The fourth-order valence-electron chi connectivity index (χ4n) is 4.14. The molecule has 174 valence electrons. The molecule has 1 aliphatic rings. The first-order valence-corrected chi connectivity index (χ1v) is 13.1. The second-order valence-electron chi connectivity index (χ2n) is 8.38. The summed E-state index contributed by atoms with van der Waals surface area (Å²) in [5.41, 5.74) is 3.16. The average Bonchev–Trinajstić information content (AvgIpc) is 3.41. The minimum atomic E-state index is -3.87. The van der Waals surface area contributed by atoms with Crippen LogP contribution in [0.15, 0.2) is 45.1 Å². The van der Waals surface area contributed by atoms with Crippen LogP contribution >= 0.6 is 11.3 Å². The van der Waals surface area contributed by atoms with Gasteiger partial charge in [0.25, 0.3) is 0 Å². The van der Waals surface area contributed by atoms with E-state index in [1.165, 1.54) is 4.31 Å². The normalized spacial score (nSPS) is 17.5. The summed E-state index contributed by atoms with van der Waals surface area (Å²) in [7, 11) is -3.87. The number of carbonyl (C=O) groups is 1. The van der Waals surface area contributed by atoms with Crippen molar-refractivity contribution in [2.45, 2.75) is 38.5 Å². The summed E-state index contributed by atoms with van der Waals surface area (Å²) in [6, 6.07) is 9.72. The molecule has 1 aliphatic heterocycles. The number of anilines is 1. The van der Waals surface area contributed by atoms with Gasteiger partial charge in [-0.3, -0.25) is 4.79 Å². The van der Waals surface area contributed by atoms with Crippen LogP contribution in [0.1, 0.15) is 40.3 Å². The van der Waals surface area contributed by atoms with E-state index >= 15 is 0 Å². The number of sulfonamides is 1. The van der Waals surface area contributed by atoms with Crippen molar-refractivity contribution < 1.29 is 17.7 Å². The van der Waals surface area contributed by atoms with Crippen molar-refractivity contribution >= 4 is 45.1 Å². The molecule has 9 heteroatoms. The summed E-state index contributed by atoms with van der Waals surface area (Å²) in [4.78, 5) is 14.0. The third-order valence-electron chi connectivity index (χ3n) is 5.62. The Bertz CT molecular complexity index is 1260. The number of piperidine rings is 1. The summed E-state index contributed by atoms with van der Waals surface area (Å²) in [5.74, 6) is -0.401. The zero-order chi connectivity index (χ0) is 23.6. The van der Waals surface area contributed by atoms with Crippen molar-refractivity contribution in [3.63, 3.8) is 0 Å². The highest BCUT2D eigenvalue weighted by Gasteiger charge is 2.37. The van der Waals surface area contributed by atoms with Gasteiger partial charge in [-0.15, -0.1) is 11.3 Å². The van der Waals surface area contributed by atoms with Gasteiger partial charge < -0.3 is 9.84 Å². The number of thiophene rings is 1. The largest absolute Gasteiger partial charge is 0.355 e. The molecule has 1 saturated heterocycles. The number of aromatic nitrogens is 1. The molecule has 2 aromatic heterocycles. The Morgan fingerprint density at radius 1 is 1.21 bits per heavy atom. The summed E-state index contributed by atoms with van der Waals surface area (Å²) in [6.07, 6.45) is 4.68. The highest BCUT2D eigenvalue weighted by atomic mass is 32.2. The Kier molecular flexibility index (Phi) is 6.83. The van der Waals surface area contributed by atoms with Crippen LogP contribution < -0.4 is 5.32 Å². The van der Waals surface area contributed by atoms with E-state index in [2.05, 4.69) is 10.5 Å². The van der Waals surface area contributed by atoms with Crippen LogP contribution in [0, 0.1) is 26.7 Å². The average molecular weight is 486 g/mol. The third-order valence-corrected chi connectivity index (χ3v) is 8.48. The van der Waals surface area contributed by atoms with Crippen molar-refractivity contribution in [1.29, 1.82) is 0 Å². The molecule has 1 amide bonds. The monoisotopic (exact) mass is 485 g/mol. The van der Waals surface area contributed by atoms with Gasteiger partial charge in [-0.2, -0.15) is 4.31 Å². The van der Waals surface area contributed by atoms with Gasteiger partial charge in [-0.1, -0.05) is 17.3 Å². The van der Waals surface area contributed by atoms with Gasteiger partial charge in [0.1, 0.15) is 5.69 Å². The first-order chi connectivity index (χ1) is 15.7. The van der Waals surface area contributed by atoms with E-state index in [1.54, 1.807) is 30.4 Å². The maximum atomic E-state index is 13.5. The van der Waals surface area contributed by atoms with E-state index in [-0.39, 0.29) is 23.1 Å². The van der Waals surface area contributed by atoms with Gasteiger partial charge in [0.2, 0.25) is 15.9 Å². The molecule has 1 unspecified atom stereocenters. The number of nitrogens with one attached hydrogen (secondary N) is 1. The number of nitrogens with zero attached hydrogens (tertiary/aromatic N) is 2. The lowest BCUT2D eigenvalue weighted by Gasteiger charge is -2.31. The van der Waals surface area contributed by atoms with Crippen LogP contribution in [-0.4, -0.2) is 36.9 Å². The zero-order valence-electron chi connectivity index (χ0n) is 18.9. The lowest BCUT2D eigenvalue weighted by molar-refractivity contribution is -0.120. The quantitative estimate of drug-likeness (QED) is 0.538. The molecule has 1 atom stereocenters. The Morgan fingerprint density at radius 3 is 2.67 bits per heavy atom. The number of hydrogen-bond acceptors (Lipinski definition) is 6. The molecule has 0 saturated carbocycles. The number of benzene rings is 1. The molecular formula is C24H27N3O4S2. The predicted molar refractivity (Wildman–Crippen MR) is 131 cm³/mol. The van der Waals surface area contributed by atoms with Crippen molar-refractivity contribution in [1.82, 2.24) is 9.46 Å². The smallest absolute Gasteiger partial charge is 0.248 e. The Morgan fingerprint density at radius 2 is 1.97 bits per heavy atom. The number of hydrogen-bond donors (Lipinski definition) is 1. The van der Waals surface area contributed by atoms with E-state index in [1.807, 2.05) is 49.6 Å². The van der Waals surface area contributed by atoms with Gasteiger partial charge in [0.05, 0.1) is 5.92 Å². The highest BCUT2D eigenvalue weighted by molar-refractivity contribution is 7.89. The lowest BCUT2D eigenvalue weighted by Crippen LogP contribution is -2.43. The van der Waals surface area contributed by atoms with Crippen LogP contribution in [0.3, 0.4) is 0 Å². The summed E-state index contributed by atoms with van der Waals surface area (Å²) in [6.45, 7) is 6.05. The van der Waals surface area contributed by atoms with Crippen LogP contribution in [0.5, 0.6) is 0 Å². The van der Waals surface area contributed by atoms with Gasteiger partial charge in [-0.05, 0) is 80.5 Å². The summed E-state index contributed by atoms with van der Waals surface area (Å²) < 4.78 is 33.8. The van der Waals surface area contributed by atoms with Crippen LogP contribution in [0.25, 0.3) is 12.2 Å². The molecule has 0 spiro atoms. The molecule has 0 aliphatic carbocycles. The van der Waals surface area contributed by atoms with Crippen LogP contribution in [0.4, 0.5) is 5.69 Å². The van der Waals surface area contributed by atoms with Gasteiger partial charge >= 0.3 is 0 Å². The Hall–Kier alpha value is -2.75. The summed E-state index contributed by atoms with van der Waals surface area (Å²) in [5, 5.41) is 8.80. The van der Waals surface area contributed by atoms with Crippen molar-refractivity contribution in [2.75, 3.05) is 18.4 Å². The molecule has 7 nitrogen and oxygen atoms in total. The first-order valence-electron chi connectivity index (χ1n) is 10.8. The van der Waals surface area contributed by atoms with Crippen LogP contribution in [-0.2, 0) is 14.8 Å². The standard InChI is InChI=1S/C24H27N3O4S2/c1-16-12-17(2)14-20(13-16)25-24(28)19-6-4-10-27(15-19)33(29,30)23-18(3)26-31-22(23)9-8-21-7-5-11-32-21/h5,7-9,11-14,19H,4,6,10,15H2,1-3H3,(H,25,28). The molecule has 0 bridgehead atoms. The fraction of sp³-hybridized carbons (Fsp3) is 0.333. The van der Waals surface area contributed by atoms with Crippen molar-refractivity contribution in [3.05, 3.63) is 63.2 Å². The second kappa shape index (κ2) is 9.62. The molecule has 0 radical (unpaired) electrons. The molecular weight excluding hydrogens is 458 g/mol. The number of rotatable bonds is 6. The predicted octanol–water partition coefficient (Wildman–Crippen LogP) is 4.87. The maximum absolute atomic E-state index is 13.5. The van der Waals surface area contributed by atoms with Gasteiger partial charge in [-0.25, -0.2) is 8.42 Å². The van der Waals surface area contributed by atoms with Crippen molar-refractivity contribution in [2.24, 2.45) is 5.92 Å². The van der Waals surface area contributed by atoms with Gasteiger partial charge in [0, 0.05) is 23.7 Å². The van der Waals surface area contributed by atoms with Gasteiger partial charge in [0.15, 0.2) is 10.7 Å². The molecule has 1 fully saturated rings. The fourth-order valence-corrected chi connectivity index (χ4v) is 6.53. The Balaban J connectivity index is 1.53. The second-order valence-corrected chi connectivity index (χ2v) is 11.2. The first kappa shape index (κ1) is 23.4. The highest BCUT2D eigenvalue weighted by Crippen LogP contribution is 2.30. The number of aryl methyl sites for hydroxylation is 3. The number of amides is 1. The molecule has 1 N–H and O–H groups in total.